The first-order valence-electron chi connectivity index (χ1n) is 11.8. The van der Waals surface area contributed by atoms with Gasteiger partial charge in [-0.15, -0.1) is 11.3 Å². The number of aromatic nitrogens is 4. The van der Waals surface area contributed by atoms with Crippen molar-refractivity contribution in [2.24, 2.45) is 5.11 Å². The Morgan fingerprint density at radius 2 is 1.95 bits per heavy atom. The van der Waals surface area contributed by atoms with Crippen LogP contribution in [0.1, 0.15) is 34.6 Å². The van der Waals surface area contributed by atoms with E-state index in [9.17, 15) is 23.8 Å². The van der Waals surface area contributed by atoms with Crippen LogP contribution in [0, 0.1) is 6.92 Å². The monoisotopic (exact) mass is 559 g/mol. The molecule has 4 heterocycles. The van der Waals surface area contributed by atoms with Crippen molar-refractivity contribution in [1.82, 2.24) is 19.7 Å². The number of hydrogen-bond acceptors (Lipinski definition) is 9. The number of ether oxygens (including phenoxy) is 3. The van der Waals surface area contributed by atoms with E-state index in [2.05, 4.69) is 25.1 Å². The molecule has 1 unspecified atom stereocenters. The average Bonchev–Trinajstić information content (AvgIpc) is 3.53. The largest absolute Gasteiger partial charge is 0.443 e. The molecule has 4 aromatic rings. The Bertz CT molecular complexity index is 1560. The fourth-order valence-corrected chi connectivity index (χ4v) is 5.64. The molecule has 0 spiro atoms. The van der Waals surface area contributed by atoms with Gasteiger partial charge < -0.3 is 19.3 Å². The highest BCUT2D eigenvalue weighted by molar-refractivity contribution is 7.18. The number of aliphatic hydroxyl groups is 1. The van der Waals surface area contributed by atoms with E-state index in [0.29, 0.717) is 27.5 Å². The molecule has 2 aromatic heterocycles. The van der Waals surface area contributed by atoms with Crippen molar-refractivity contribution in [3.05, 3.63) is 81.2 Å². The van der Waals surface area contributed by atoms with Crippen LogP contribution in [0.25, 0.3) is 26.3 Å². The summed E-state index contributed by atoms with van der Waals surface area (Å²) in [4.78, 5) is 11.0. The lowest BCUT2D eigenvalue weighted by Crippen LogP contribution is -2.58. The Morgan fingerprint density at radius 3 is 2.69 bits per heavy atom. The maximum atomic E-state index is 13.2. The molecule has 0 bridgehead atoms. The molecule has 15 heteroatoms. The molecular formula is C24H20F3N7O4S. The molecule has 6 rings (SSSR count). The number of nitrogens with zero attached hydrogens (tertiary/aromatic N) is 7. The Kier molecular flexibility index (Phi) is 6.49. The van der Waals surface area contributed by atoms with E-state index in [4.69, 9.17) is 14.2 Å². The number of benzene rings is 2. The zero-order valence-corrected chi connectivity index (χ0v) is 21.0. The zero-order chi connectivity index (χ0) is 27.3. The Hall–Kier alpha value is -3.59. The van der Waals surface area contributed by atoms with Crippen LogP contribution in [-0.2, 0) is 20.4 Å². The van der Waals surface area contributed by atoms with Crippen molar-refractivity contribution in [3.63, 3.8) is 0 Å². The summed E-state index contributed by atoms with van der Waals surface area (Å²) in [5, 5.41) is 18.6. The lowest BCUT2D eigenvalue weighted by atomic mass is 9.91. The van der Waals surface area contributed by atoms with Crippen molar-refractivity contribution < 1.29 is 32.5 Å². The lowest BCUT2D eigenvalue weighted by Gasteiger charge is -2.46. The highest BCUT2D eigenvalue weighted by Crippen LogP contribution is 2.41. The SMILES string of the molecule is Cc1nc([C@@H]2O[C@@H]3COC(c4ccccc4)O[C@@H]3[C@H](N=[N+]=[N-])[C@H]2O)n(-c2ccc3nc(C(F)(F)F)sc3c2)n1. The average molecular weight is 560 g/mol. The molecule has 202 valence electrons. The molecule has 6 atom stereocenters. The van der Waals surface area contributed by atoms with Crippen LogP contribution in [0.2, 0.25) is 0 Å². The Labute approximate surface area is 222 Å². The molecular weight excluding hydrogens is 539 g/mol. The fourth-order valence-electron chi connectivity index (χ4n) is 4.77. The van der Waals surface area contributed by atoms with Crippen molar-refractivity contribution in [3.8, 4) is 5.69 Å². The van der Waals surface area contributed by atoms with E-state index < -0.39 is 47.9 Å². The molecule has 1 N–H and O–H groups in total. The van der Waals surface area contributed by atoms with Gasteiger partial charge >= 0.3 is 6.18 Å². The third-order valence-corrected chi connectivity index (χ3v) is 7.55. The first-order chi connectivity index (χ1) is 18.7. The van der Waals surface area contributed by atoms with Crippen molar-refractivity contribution >= 4 is 21.6 Å². The summed E-state index contributed by atoms with van der Waals surface area (Å²) in [7, 11) is 0. The number of alkyl halides is 3. The molecule has 0 amide bonds. The van der Waals surface area contributed by atoms with Crippen LogP contribution in [-0.4, -0.2) is 55.8 Å². The predicted molar refractivity (Wildman–Crippen MR) is 131 cm³/mol. The third-order valence-electron chi connectivity index (χ3n) is 6.49. The summed E-state index contributed by atoms with van der Waals surface area (Å²) in [6.45, 7) is 1.72. The van der Waals surface area contributed by atoms with Crippen LogP contribution in [0.4, 0.5) is 13.2 Å². The summed E-state index contributed by atoms with van der Waals surface area (Å²) >= 11 is 0.516. The normalized spacial score (nSPS) is 27.2. The molecule has 2 aliphatic heterocycles. The quantitative estimate of drug-likeness (QED) is 0.215. The number of azide groups is 1. The van der Waals surface area contributed by atoms with E-state index in [1.54, 1.807) is 13.0 Å². The van der Waals surface area contributed by atoms with Gasteiger partial charge in [0.15, 0.2) is 17.1 Å². The molecule has 2 fully saturated rings. The van der Waals surface area contributed by atoms with Crippen LogP contribution in [0.5, 0.6) is 0 Å². The Morgan fingerprint density at radius 1 is 1.15 bits per heavy atom. The minimum absolute atomic E-state index is 0.0884. The zero-order valence-electron chi connectivity index (χ0n) is 20.1. The van der Waals surface area contributed by atoms with E-state index in [1.807, 2.05) is 30.3 Å². The van der Waals surface area contributed by atoms with E-state index >= 15 is 0 Å². The molecule has 0 radical (unpaired) electrons. The van der Waals surface area contributed by atoms with Gasteiger partial charge in [0.25, 0.3) is 0 Å². The highest BCUT2D eigenvalue weighted by Gasteiger charge is 2.51. The lowest BCUT2D eigenvalue weighted by molar-refractivity contribution is -0.309. The maximum Gasteiger partial charge on any atom is 0.443 e. The summed E-state index contributed by atoms with van der Waals surface area (Å²) in [5.41, 5.74) is 10.6. The predicted octanol–water partition coefficient (Wildman–Crippen LogP) is 4.80. The van der Waals surface area contributed by atoms with Gasteiger partial charge in [0.05, 0.1) is 34.7 Å². The second kappa shape index (κ2) is 9.86. The van der Waals surface area contributed by atoms with Gasteiger partial charge in [-0.3, -0.25) is 0 Å². The molecule has 39 heavy (non-hydrogen) atoms. The number of thiazole rings is 1. The van der Waals surface area contributed by atoms with Crippen molar-refractivity contribution in [2.45, 2.75) is 49.8 Å². The smallest absolute Gasteiger partial charge is 0.389 e. The molecule has 0 aliphatic carbocycles. The first kappa shape index (κ1) is 25.7. The summed E-state index contributed by atoms with van der Waals surface area (Å²) in [5.74, 6) is 0.519. The number of aliphatic hydroxyl groups excluding tert-OH is 1. The molecule has 11 nitrogen and oxygen atoms in total. The van der Waals surface area contributed by atoms with Crippen molar-refractivity contribution in [2.75, 3.05) is 6.61 Å². The van der Waals surface area contributed by atoms with Gasteiger partial charge in [-0.2, -0.15) is 18.3 Å². The summed E-state index contributed by atoms with van der Waals surface area (Å²) < 4.78 is 59.4. The topological polar surface area (TPSA) is 140 Å². The van der Waals surface area contributed by atoms with Gasteiger partial charge in [-0.25, -0.2) is 14.6 Å². The highest BCUT2D eigenvalue weighted by atomic mass is 32.1. The minimum Gasteiger partial charge on any atom is -0.389 e. The van der Waals surface area contributed by atoms with Gasteiger partial charge in [0.1, 0.15) is 24.1 Å². The van der Waals surface area contributed by atoms with E-state index in [-0.39, 0.29) is 17.9 Å². The van der Waals surface area contributed by atoms with E-state index in [1.165, 1.54) is 16.8 Å². The number of hydrogen-bond donors (Lipinski definition) is 1. The van der Waals surface area contributed by atoms with Gasteiger partial charge in [-0.1, -0.05) is 35.4 Å². The molecule has 2 aliphatic rings. The van der Waals surface area contributed by atoms with Crippen LogP contribution >= 0.6 is 11.3 Å². The molecule has 0 saturated carbocycles. The summed E-state index contributed by atoms with van der Waals surface area (Å²) in [6, 6.07) is 12.7. The molecule has 2 aromatic carbocycles. The van der Waals surface area contributed by atoms with Crippen LogP contribution in [0.15, 0.2) is 53.6 Å². The number of fused-ring (bicyclic) bond motifs is 2. The van der Waals surface area contributed by atoms with Crippen molar-refractivity contribution in [1.29, 1.82) is 0 Å². The fraction of sp³-hybridized carbons (Fsp3) is 0.375. The number of halogens is 3. The van der Waals surface area contributed by atoms with Gasteiger partial charge in [0, 0.05) is 10.5 Å². The van der Waals surface area contributed by atoms with Crippen LogP contribution < -0.4 is 0 Å². The maximum absolute atomic E-state index is 13.2. The minimum atomic E-state index is -4.56. The second-order valence-corrected chi connectivity index (χ2v) is 10.1. The van der Waals surface area contributed by atoms with Crippen LogP contribution in [0.3, 0.4) is 0 Å². The van der Waals surface area contributed by atoms with Gasteiger partial charge in [0.2, 0.25) is 0 Å². The van der Waals surface area contributed by atoms with Gasteiger partial charge in [-0.05, 0) is 30.7 Å². The second-order valence-electron chi connectivity index (χ2n) is 9.06. The van der Waals surface area contributed by atoms with E-state index in [0.717, 1.165) is 5.56 Å². The number of aryl methyl sites for hydroxylation is 1. The molecule has 2 saturated heterocycles. The first-order valence-corrected chi connectivity index (χ1v) is 12.7. The third kappa shape index (κ3) is 4.73. The Balaban J connectivity index is 1.33. The standard InChI is InChI=1S/C24H20F3N7O4S/c1-11-29-21(34(32-11)13-7-8-14-16(9-13)39-23(30-14)24(25,26)27)20-18(35)17(31-33-28)19-15(37-20)10-36-22(38-19)12-5-3-2-4-6-12/h2-9,15,17-20,22,35H,10H2,1H3/t15-,17-,18-,19+,20-,22?/m1/s1. The summed E-state index contributed by atoms with van der Waals surface area (Å²) in [6.07, 6.45) is -9.30. The number of rotatable bonds is 4.